The van der Waals surface area contributed by atoms with Gasteiger partial charge in [0.2, 0.25) is 5.91 Å². The van der Waals surface area contributed by atoms with E-state index in [1.807, 2.05) is 0 Å². The quantitative estimate of drug-likeness (QED) is 0.709. The zero-order chi connectivity index (χ0) is 11.0. The summed E-state index contributed by atoms with van der Waals surface area (Å²) in [5, 5.41) is 0. The molecule has 2 rings (SSSR count). The Morgan fingerprint density at radius 3 is 2.60 bits per heavy atom. The summed E-state index contributed by atoms with van der Waals surface area (Å²) in [6, 6.07) is 0. The molecular weight excluding hydrogens is 254 g/mol. The second-order valence-corrected chi connectivity index (χ2v) is 6.60. The Morgan fingerprint density at radius 2 is 2.07 bits per heavy atom. The van der Waals surface area contributed by atoms with Crippen LogP contribution in [-0.2, 0) is 4.79 Å². The highest BCUT2D eigenvalue weighted by molar-refractivity contribution is 9.09. The van der Waals surface area contributed by atoms with E-state index in [0.717, 1.165) is 13.1 Å². The molecule has 3 heteroatoms. The summed E-state index contributed by atoms with van der Waals surface area (Å²) in [5.74, 6) is 1.96. The Kier molecular flexibility index (Phi) is 3.39. The zero-order valence-electron chi connectivity index (χ0n) is 9.58. The lowest BCUT2D eigenvalue weighted by atomic mass is 9.97. The molecule has 0 N–H and O–H groups in total. The number of carbonyl (C=O) groups is 1. The van der Waals surface area contributed by atoms with E-state index in [0.29, 0.717) is 22.6 Å². The summed E-state index contributed by atoms with van der Waals surface area (Å²) < 4.78 is 0. The largest absolute Gasteiger partial charge is 0.341 e. The van der Waals surface area contributed by atoms with Gasteiger partial charge in [-0.15, -0.1) is 0 Å². The first-order chi connectivity index (χ1) is 7.08. The van der Waals surface area contributed by atoms with Crippen molar-refractivity contribution in [3.8, 4) is 0 Å². The fourth-order valence-electron chi connectivity index (χ4n) is 2.54. The van der Waals surface area contributed by atoms with Crippen molar-refractivity contribution in [1.82, 2.24) is 4.90 Å². The first kappa shape index (κ1) is 11.4. The van der Waals surface area contributed by atoms with Crippen LogP contribution in [-0.4, -0.2) is 28.7 Å². The second-order valence-electron chi connectivity index (χ2n) is 5.31. The molecule has 3 atom stereocenters. The number of likely N-dealkylation sites (tertiary alicyclic amines) is 1. The van der Waals surface area contributed by atoms with Gasteiger partial charge in [0, 0.05) is 23.8 Å². The van der Waals surface area contributed by atoms with E-state index in [-0.39, 0.29) is 5.92 Å². The first-order valence-corrected chi connectivity index (χ1v) is 6.92. The number of rotatable bonds is 2. The fraction of sp³-hybridized carbons (Fsp3) is 0.917. The van der Waals surface area contributed by atoms with Crippen molar-refractivity contribution >= 4 is 21.8 Å². The number of alkyl halides is 1. The third-order valence-corrected chi connectivity index (χ3v) is 4.30. The summed E-state index contributed by atoms with van der Waals surface area (Å²) in [4.78, 5) is 14.7. The van der Waals surface area contributed by atoms with E-state index in [1.165, 1.54) is 19.3 Å². The highest BCUT2D eigenvalue weighted by Gasteiger charge is 2.36. The number of amides is 1. The molecule has 1 aliphatic heterocycles. The predicted molar refractivity (Wildman–Crippen MR) is 65.0 cm³/mol. The highest BCUT2D eigenvalue weighted by atomic mass is 79.9. The smallest absolute Gasteiger partial charge is 0.225 e. The maximum atomic E-state index is 12.2. The van der Waals surface area contributed by atoms with Gasteiger partial charge in [0.1, 0.15) is 0 Å². The SMILES string of the molecule is CC1CC(Br)CN(C(=O)C(C)C2CC2)C1. The van der Waals surface area contributed by atoms with E-state index < -0.39 is 0 Å². The fourth-order valence-corrected chi connectivity index (χ4v) is 3.53. The maximum absolute atomic E-state index is 12.2. The third kappa shape index (κ3) is 2.74. The monoisotopic (exact) mass is 273 g/mol. The number of halogens is 1. The molecule has 2 aliphatic rings. The lowest BCUT2D eigenvalue weighted by Crippen LogP contribution is -2.46. The molecule has 0 spiro atoms. The molecular formula is C12H20BrNO. The van der Waals surface area contributed by atoms with Crippen LogP contribution in [0.15, 0.2) is 0 Å². The van der Waals surface area contributed by atoms with Gasteiger partial charge in [-0.1, -0.05) is 29.8 Å². The second kappa shape index (κ2) is 4.44. The Bertz CT molecular complexity index is 242. The van der Waals surface area contributed by atoms with Gasteiger partial charge in [-0.05, 0) is 31.1 Å². The van der Waals surface area contributed by atoms with Gasteiger partial charge in [-0.25, -0.2) is 0 Å². The molecule has 1 heterocycles. The number of nitrogens with zero attached hydrogens (tertiary/aromatic N) is 1. The summed E-state index contributed by atoms with van der Waals surface area (Å²) in [5.41, 5.74) is 0. The summed E-state index contributed by atoms with van der Waals surface area (Å²) in [6.45, 7) is 6.19. The lowest BCUT2D eigenvalue weighted by molar-refractivity contribution is -0.137. The van der Waals surface area contributed by atoms with Crippen molar-refractivity contribution in [1.29, 1.82) is 0 Å². The summed E-state index contributed by atoms with van der Waals surface area (Å²) in [7, 11) is 0. The highest BCUT2D eigenvalue weighted by Crippen LogP contribution is 2.38. The third-order valence-electron chi connectivity index (χ3n) is 3.64. The van der Waals surface area contributed by atoms with Crippen LogP contribution in [0.3, 0.4) is 0 Å². The Labute approximate surface area is 101 Å². The number of hydrogen-bond acceptors (Lipinski definition) is 1. The topological polar surface area (TPSA) is 20.3 Å². The number of carbonyl (C=O) groups excluding carboxylic acids is 1. The van der Waals surface area contributed by atoms with E-state index in [9.17, 15) is 4.79 Å². The number of hydrogen-bond donors (Lipinski definition) is 0. The van der Waals surface area contributed by atoms with Crippen LogP contribution in [0.4, 0.5) is 0 Å². The van der Waals surface area contributed by atoms with Crippen LogP contribution < -0.4 is 0 Å². The van der Waals surface area contributed by atoms with Gasteiger partial charge in [-0.2, -0.15) is 0 Å². The molecule has 2 nitrogen and oxygen atoms in total. The minimum Gasteiger partial charge on any atom is -0.341 e. The van der Waals surface area contributed by atoms with Crippen LogP contribution in [0.25, 0.3) is 0 Å². The molecule has 1 saturated carbocycles. The van der Waals surface area contributed by atoms with Gasteiger partial charge < -0.3 is 4.90 Å². The van der Waals surface area contributed by atoms with E-state index in [1.54, 1.807) is 0 Å². The molecule has 3 unspecified atom stereocenters. The molecule has 1 amide bonds. The summed E-state index contributed by atoms with van der Waals surface area (Å²) >= 11 is 3.65. The van der Waals surface area contributed by atoms with Crippen molar-refractivity contribution in [3.63, 3.8) is 0 Å². The molecule has 2 fully saturated rings. The van der Waals surface area contributed by atoms with Gasteiger partial charge in [0.05, 0.1) is 0 Å². The average Bonchev–Trinajstić information content (AvgIpc) is 2.97. The van der Waals surface area contributed by atoms with Gasteiger partial charge in [0.15, 0.2) is 0 Å². The molecule has 0 aromatic rings. The van der Waals surface area contributed by atoms with Crippen molar-refractivity contribution < 1.29 is 4.79 Å². The molecule has 0 aromatic heterocycles. The summed E-state index contributed by atoms with van der Waals surface area (Å²) in [6.07, 6.45) is 3.71. The normalized spacial score (nSPS) is 33.9. The minimum atomic E-state index is 0.259. The van der Waals surface area contributed by atoms with Crippen molar-refractivity contribution in [3.05, 3.63) is 0 Å². The molecule has 15 heavy (non-hydrogen) atoms. The maximum Gasteiger partial charge on any atom is 0.225 e. The van der Waals surface area contributed by atoms with Crippen molar-refractivity contribution in [2.45, 2.75) is 37.9 Å². The van der Waals surface area contributed by atoms with Crippen LogP contribution in [0, 0.1) is 17.8 Å². The van der Waals surface area contributed by atoms with Crippen LogP contribution in [0.1, 0.15) is 33.1 Å². The van der Waals surface area contributed by atoms with E-state index >= 15 is 0 Å². The standard InChI is InChI=1S/C12H20BrNO/c1-8-5-11(13)7-14(6-8)12(15)9(2)10-3-4-10/h8-11H,3-7H2,1-2H3. The molecule has 86 valence electrons. The minimum absolute atomic E-state index is 0.259. The van der Waals surface area contributed by atoms with Crippen LogP contribution in [0.5, 0.6) is 0 Å². The van der Waals surface area contributed by atoms with Gasteiger partial charge >= 0.3 is 0 Å². The van der Waals surface area contributed by atoms with Gasteiger partial charge in [0.25, 0.3) is 0 Å². The zero-order valence-corrected chi connectivity index (χ0v) is 11.2. The molecule has 0 aromatic carbocycles. The van der Waals surface area contributed by atoms with Crippen LogP contribution in [0.2, 0.25) is 0 Å². The van der Waals surface area contributed by atoms with Gasteiger partial charge in [-0.3, -0.25) is 4.79 Å². The van der Waals surface area contributed by atoms with Crippen LogP contribution >= 0.6 is 15.9 Å². The predicted octanol–water partition coefficient (Wildman–Crippen LogP) is 2.66. The molecule has 1 aliphatic carbocycles. The Hall–Kier alpha value is -0.0500. The van der Waals surface area contributed by atoms with Crippen molar-refractivity contribution in [2.24, 2.45) is 17.8 Å². The van der Waals surface area contributed by atoms with E-state index in [2.05, 4.69) is 34.7 Å². The average molecular weight is 274 g/mol. The Morgan fingerprint density at radius 1 is 1.40 bits per heavy atom. The molecule has 0 bridgehead atoms. The van der Waals surface area contributed by atoms with E-state index in [4.69, 9.17) is 0 Å². The van der Waals surface area contributed by atoms with Crippen molar-refractivity contribution in [2.75, 3.05) is 13.1 Å². The molecule has 1 saturated heterocycles. The lowest BCUT2D eigenvalue weighted by Gasteiger charge is -2.35. The number of piperidine rings is 1. The first-order valence-electron chi connectivity index (χ1n) is 6.00. The molecule has 0 radical (unpaired) electrons. The Balaban J connectivity index is 1.93.